The Labute approximate surface area is 120 Å². The second kappa shape index (κ2) is 7.04. The third-order valence-corrected chi connectivity index (χ3v) is 4.24. The molecule has 0 aromatic heterocycles. The average Bonchev–Trinajstić information content (AvgIpc) is 2.76. The first kappa shape index (κ1) is 15.3. The minimum Gasteiger partial charge on any atom is -0.460 e. The summed E-state index contributed by atoms with van der Waals surface area (Å²) < 4.78 is 5.23. The van der Waals surface area contributed by atoms with E-state index in [-0.39, 0.29) is 17.9 Å². The van der Waals surface area contributed by atoms with Crippen molar-refractivity contribution in [2.45, 2.75) is 57.3 Å². The van der Waals surface area contributed by atoms with Crippen LogP contribution < -0.4 is 0 Å². The molecule has 4 nitrogen and oxygen atoms in total. The maximum Gasteiger partial charge on any atom is 0.330 e. The van der Waals surface area contributed by atoms with Crippen LogP contribution in [0.2, 0.25) is 0 Å². The van der Waals surface area contributed by atoms with Crippen LogP contribution in [0.3, 0.4) is 0 Å². The van der Waals surface area contributed by atoms with E-state index < -0.39 is 18.2 Å². The molecule has 0 amide bonds. The zero-order chi connectivity index (χ0) is 14.5. The third-order valence-electron chi connectivity index (χ3n) is 4.24. The maximum absolute atomic E-state index is 11.6. The van der Waals surface area contributed by atoms with E-state index in [2.05, 4.69) is 12.2 Å². The number of hydrogen-bond donors (Lipinski definition) is 2. The number of hydrogen-bond acceptors (Lipinski definition) is 4. The highest BCUT2D eigenvalue weighted by atomic mass is 16.5. The van der Waals surface area contributed by atoms with Gasteiger partial charge in [-0.05, 0) is 51.0 Å². The monoisotopic (exact) mass is 280 g/mol. The number of allylic oxidation sites excluding steroid dienone is 2. The molecule has 20 heavy (non-hydrogen) atoms. The largest absolute Gasteiger partial charge is 0.460 e. The average molecular weight is 280 g/mol. The lowest BCUT2D eigenvalue weighted by Crippen LogP contribution is -2.30. The molecular formula is C16H24O4. The summed E-state index contributed by atoms with van der Waals surface area (Å²) in [5.41, 5.74) is 0. The number of aliphatic hydroxyl groups excluding tert-OH is 2. The molecule has 1 saturated carbocycles. The van der Waals surface area contributed by atoms with E-state index in [4.69, 9.17) is 4.74 Å². The third kappa shape index (κ3) is 3.93. The van der Waals surface area contributed by atoms with Gasteiger partial charge in [0.2, 0.25) is 0 Å². The minimum absolute atomic E-state index is 0.108. The van der Waals surface area contributed by atoms with Crippen LogP contribution in [0.25, 0.3) is 0 Å². The van der Waals surface area contributed by atoms with Crippen molar-refractivity contribution in [2.24, 2.45) is 11.8 Å². The summed E-state index contributed by atoms with van der Waals surface area (Å²) in [5.74, 6) is -0.472. The van der Waals surface area contributed by atoms with Gasteiger partial charge < -0.3 is 14.9 Å². The zero-order valence-corrected chi connectivity index (χ0v) is 11.9. The molecule has 0 saturated heterocycles. The fourth-order valence-corrected chi connectivity index (χ4v) is 3.13. The second-order valence-electron chi connectivity index (χ2n) is 5.84. The zero-order valence-electron chi connectivity index (χ0n) is 11.9. The Balaban J connectivity index is 2.13. The first-order valence-corrected chi connectivity index (χ1v) is 7.49. The Morgan fingerprint density at radius 1 is 1.20 bits per heavy atom. The highest BCUT2D eigenvalue weighted by Crippen LogP contribution is 2.36. The van der Waals surface area contributed by atoms with Crippen LogP contribution in [0.5, 0.6) is 0 Å². The van der Waals surface area contributed by atoms with Gasteiger partial charge in [0.15, 0.2) is 0 Å². The van der Waals surface area contributed by atoms with Gasteiger partial charge in [0.25, 0.3) is 0 Å². The highest BCUT2D eigenvalue weighted by molar-refractivity contribution is 5.82. The summed E-state index contributed by atoms with van der Waals surface area (Å²) in [6.45, 7) is 1.88. The summed E-state index contributed by atoms with van der Waals surface area (Å²) in [4.78, 5) is 11.6. The van der Waals surface area contributed by atoms with Gasteiger partial charge in [0.05, 0.1) is 18.3 Å². The number of cyclic esters (lactones) is 1. The molecule has 0 aromatic carbocycles. The number of carbonyl (C=O) groups is 1. The van der Waals surface area contributed by atoms with Crippen molar-refractivity contribution < 1.29 is 19.7 Å². The SMILES string of the molecule is C[C@H]1CCCC=C[C@@H]2CC[C@H](O)[C@H]2[C@H](O)/C=C/C(=O)O1. The number of ether oxygens (including phenoxy) is 1. The number of rotatable bonds is 0. The summed E-state index contributed by atoms with van der Waals surface area (Å²) >= 11 is 0. The normalized spacial score (nSPS) is 41.0. The van der Waals surface area contributed by atoms with E-state index in [0.717, 1.165) is 25.7 Å². The Morgan fingerprint density at radius 3 is 2.80 bits per heavy atom. The van der Waals surface area contributed by atoms with Crippen molar-refractivity contribution in [3.8, 4) is 0 Å². The second-order valence-corrected chi connectivity index (χ2v) is 5.84. The molecule has 5 atom stereocenters. The molecule has 4 heteroatoms. The number of esters is 1. The van der Waals surface area contributed by atoms with Crippen molar-refractivity contribution in [1.82, 2.24) is 0 Å². The van der Waals surface area contributed by atoms with Crippen molar-refractivity contribution in [1.29, 1.82) is 0 Å². The van der Waals surface area contributed by atoms with Crippen molar-refractivity contribution in [3.63, 3.8) is 0 Å². The minimum atomic E-state index is -0.814. The molecule has 1 aliphatic heterocycles. The van der Waals surface area contributed by atoms with Gasteiger partial charge in [0.1, 0.15) is 0 Å². The lowest BCUT2D eigenvalue weighted by molar-refractivity contribution is -0.142. The number of aliphatic hydroxyl groups is 2. The van der Waals surface area contributed by atoms with Crippen LogP contribution in [0.4, 0.5) is 0 Å². The molecule has 0 spiro atoms. The molecule has 2 aliphatic rings. The van der Waals surface area contributed by atoms with Crippen molar-refractivity contribution in [2.75, 3.05) is 0 Å². The molecule has 0 unspecified atom stereocenters. The van der Waals surface area contributed by atoms with Gasteiger partial charge in [-0.2, -0.15) is 0 Å². The van der Waals surface area contributed by atoms with Crippen LogP contribution in [0.1, 0.15) is 39.0 Å². The number of fused-ring (bicyclic) bond motifs is 1. The van der Waals surface area contributed by atoms with Gasteiger partial charge in [-0.1, -0.05) is 12.2 Å². The standard InChI is InChI=1S/C16H24O4/c1-11-5-3-2-4-6-12-7-8-13(17)16(12)14(18)9-10-15(19)20-11/h4,6,9-14,16-18H,2-3,5,7-8H2,1H3/b6-4?,10-9+/t11-,12+,13-,14+,16-/m0/s1. The molecular weight excluding hydrogens is 256 g/mol. The molecule has 1 heterocycles. The van der Waals surface area contributed by atoms with Gasteiger partial charge in [-0.15, -0.1) is 0 Å². The molecule has 2 N–H and O–H groups in total. The van der Waals surface area contributed by atoms with E-state index in [1.807, 2.05) is 6.92 Å². The molecule has 1 fully saturated rings. The van der Waals surface area contributed by atoms with E-state index in [9.17, 15) is 15.0 Å². The molecule has 2 rings (SSSR count). The Hall–Kier alpha value is -1.13. The van der Waals surface area contributed by atoms with Crippen LogP contribution in [0, 0.1) is 11.8 Å². The number of carbonyl (C=O) groups excluding carboxylic acids is 1. The Morgan fingerprint density at radius 2 is 2.00 bits per heavy atom. The summed E-state index contributed by atoms with van der Waals surface area (Å²) in [6.07, 6.45) is 9.86. The topological polar surface area (TPSA) is 66.8 Å². The fraction of sp³-hybridized carbons (Fsp3) is 0.688. The van der Waals surface area contributed by atoms with Gasteiger partial charge >= 0.3 is 5.97 Å². The fourth-order valence-electron chi connectivity index (χ4n) is 3.13. The lowest BCUT2D eigenvalue weighted by Gasteiger charge is -2.23. The van der Waals surface area contributed by atoms with E-state index in [0.29, 0.717) is 6.42 Å². The van der Waals surface area contributed by atoms with Crippen LogP contribution in [0.15, 0.2) is 24.3 Å². The highest BCUT2D eigenvalue weighted by Gasteiger charge is 2.37. The first-order valence-electron chi connectivity index (χ1n) is 7.49. The molecule has 0 radical (unpaired) electrons. The van der Waals surface area contributed by atoms with Crippen LogP contribution >= 0.6 is 0 Å². The van der Waals surface area contributed by atoms with E-state index in [1.165, 1.54) is 12.2 Å². The van der Waals surface area contributed by atoms with E-state index in [1.54, 1.807) is 0 Å². The van der Waals surface area contributed by atoms with Crippen LogP contribution in [-0.2, 0) is 9.53 Å². The molecule has 0 aromatic rings. The van der Waals surface area contributed by atoms with Crippen molar-refractivity contribution in [3.05, 3.63) is 24.3 Å². The lowest BCUT2D eigenvalue weighted by atomic mass is 9.88. The summed E-state index contributed by atoms with van der Waals surface area (Å²) in [7, 11) is 0. The van der Waals surface area contributed by atoms with Gasteiger partial charge in [-0.25, -0.2) is 4.79 Å². The predicted octanol–water partition coefficient (Wildman–Crippen LogP) is 1.96. The van der Waals surface area contributed by atoms with Gasteiger partial charge in [0, 0.05) is 12.0 Å². The molecule has 0 bridgehead atoms. The molecule has 112 valence electrons. The Bertz CT molecular complexity index is 388. The quantitative estimate of drug-likeness (QED) is 0.526. The van der Waals surface area contributed by atoms with Crippen molar-refractivity contribution >= 4 is 5.97 Å². The van der Waals surface area contributed by atoms with E-state index >= 15 is 0 Å². The Kier molecular flexibility index (Phi) is 5.38. The summed E-state index contributed by atoms with van der Waals surface area (Å²) in [5, 5.41) is 20.2. The van der Waals surface area contributed by atoms with Gasteiger partial charge in [-0.3, -0.25) is 0 Å². The smallest absolute Gasteiger partial charge is 0.330 e. The summed E-state index contributed by atoms with van der Waals surface area (Å²) in [6, 6.07) is 0. The predicted molar refractivity (Wildman–Crippen MR) is 75.9 cm³/mol. The first-order chi connectivity index (χ1) is 9.58. The maximum atomic E-state index is 11.6. The molecule has 1 aliphatic carbocycles. The van der Waals surface area contributed by atoms with Crippen LogP contribution in [-0.4, -0.2) is 34.5 Å².